The van der Waals surface area contributed by atoms with E-state index in [9.17, 15) is 14.4 Å². The van der Waals surface area contributed by atoms with Crippen molar-refractivity contribution >= 4 is 29.0 Å². The van der Waals surface area contributed by atoms with Gasteiger partial charge in [0, 0.05) is 24.6 Å². The van der Waals surface area contributed by atoms with Crippen LogP contribution in [0.15, 0.2) is 18.3 Å². The van der Waals surface area contributed by atoms with Crippen LogP contribution in [0.4, 0.5) is 0 Å². The molecule has 5 heteroatoms. The number of hydrogen-bond acceptors (Lipinski definition) is 4. The molecule has 0 saturated heterocycles. The minimum Gasteiger partial charge on any atom is -0.298 e. The third kappa shape index (κ3) is 2.42. The van der Waals surface area contributed by atoms with Crippen molar-refractivity contribution < 1.29 is 14.4 Å². The maximum Gasteiger partial charge on any atom is 0.182 e. The highest BCUT2D eigenvalue weighted by Gasteiger charge is 2.36. The summed E-state index contributed by atoms with van der Waals surface area (Å²) < 4.78 is 0. The highest BCUT2D eigenvalue weighted by molar-refractivity contribution is 6.29. The van der Waals surface area contributed by atoms with Gasteiger partial charge in [0.15, 0.2) is 17.3 Å². The first kappa shape index (κ1) is 11.9. The summed E-state index contributed by atoms with van der Waals surface area (Å²) in [6.45, 7) is 0. The van der Waals surface area contributed by atoms with Gasteiger partial charge in [-0.25, -0.2) is 4.98 Å². The summed E-state index contributed by atoms with van der Waals surface area (Å²) in [6, 6.07) is 2.94. The molecule has 0 atom stereocenters. The predicted molar refractivity (Wildman–Crippen MR) is 60.9 cm³/mol. The standard InChI is InChI=1S/C12H10ClNO3/c13-10-5-4-7(6-14-10)12(17)11-8(15)2-1-3-9(11)16/h4-6,11H,1-3H2. The summed E-state index contributed by atoms with van der Waals surface area (Å²) in [5.74, 6) is -2.18. The monoisotopic (exact) mass is 251 g/mol. The van der Waals surface area contributed by atoms with Crippen LogP contribution in [-0.4, -0.2) is 22.3 Å². The molecule has 1 aliphatic carbocycles. The topological polar surface area (TPSA) is 64.1 Å². The van der Waals surface area contributed by atoms with Gasteiger partial charge in [-0.3, -0.25) is 14.4 Å². The summed E-state index contributed by atoms with van der Waals surface area (Å²) in [5, 5.41) is 0.267. The Balaban J connectivity index is 2.27. The molecular weight excluding hydrogens is 242 g/mol. The Hall–Kier alpha value is -1.55. The maximum absolute atomic E-state index is 12.0. The zero-order valence-corrected chi connectivity index (χ0v) is 9.74. The summed E-state index contributed by atoms with van der Waals surface area (Å²) in [7, 11) is 0. The SMILES string of the molecule is O=C1CCCC(=O)C1C(=O)c1ccc(Cl)nc1. The van der Waals surface area contributed by atoms with Crippen molar-refractivity contribution in [1.82, 2.24) is 4.98 Å². The summed E-state index contributed by atoms with van der Waals surface area (Å²) in [5.41, 5.74) is 0.253. The van der Waals surface area contributed by atoms with Gasteiger partial charge in [0.2, 0.25) is 0 Å². The number of nitrogens with zero attached hydrogens (tertiary/aromatic N) is 1. The van der Waals surface area contributed by atoms with Gasteiger partial charge in [0.05, 0.1) is 0 Å². The molecular formula is C12H10ClNO3. The van der Waals surface area contributed by atoms with Gasteiger partial charge in [-0.05, 0) is 18.6 Å². The number of ketones is 3. The Labute approximate surface area is 103 Å². The number of carbonyl (C=O) groups excluding carboxylic acids is 3. The van der Waals surface area contributed by atoms with Gasteiger partial charge in [0.25, 0.3) is 0 Å². The molecule has 0 amide bonds. The van der Waals surface area contributed by atoms with Crippen LogP contribution in [0.3, 0.4) is 0 Å². The lowest BCUT2D eigenvalue weighted by atomic mass is 9.82. The second-order valence-electron chi connectivity index (χ2n) is 3.95. The molecule has 0 spiro atoms. The van der Waals surface area contributed by atoms with Crippen molar-refractivity contribution in [1.29, 1.82) is 0 Å². The Morgan fingerprint density at radius 3 is 2.41 bits per heavy atom. The third-order valence-corrected chi connectivity index (χ3v) is 2.99. The molecule has 0 aromatic carbocycles. The molecule has 0 radical (unpaired) electrons. The van der Waals surface area contributed by atoms with E-state index in [0.717, 1.165) is 0 Å². The zero-order chi connectivity index (χ0) is 12.4. The van der Waals surface area contributed by atoms with E-state index >= 15 is 0 Å². The Morgan fingerprint density at radius 1 is 1.24 bits per heavy atom. The molecule has 1 aromatic heterocycles. The van der Waals surface area contributed by atoms with E-state index in [0.29, 0.717) is 19.3 Å². The molecule has 0 N–H and O–H groups in total. The van der Waals surface area contributed by atoms with Gasteiger partial charge < -0.3 is 0 Å². The molecule has 0 aliphatic heterocycles. The van der Waals surface area contributed by atoms with E-state index in [4.69, 9.17) is 11.6 Å². The number of aromatic nitrogens is 1. The number of halogens is 1. The number of pyridine rings is 1. The van der Waals surface area contributed by atoms with Crippen molar-refractivity contribution in [3.8, 4) is 0 Å². The Morgan fingerprint density at radius 2 is 1.88 bits per heavy atom. The van der Waals surface area contributed by atoms with E-state index in [2.05, 4.69) is 4.98 Å². The quantitative estimate of drug-likeness (QED) is 0.457. The van der Waals surface area contributed by atoms with Crippen LogP contribution in [0.5, 0.6) is 0 Å². The molecule has 88 valence electrons. The normalized spacial score (nSPS) is 17.2. The van der Waals surface area contributed by atoms with Gasteiger partial charge in [0.1, 0.15) is 11.1 Å². The van der Waals surface area contributed by atoms with E-state index < -0.39 is 11.7 Å². The molecule has 1 aliphatic rings. The predicted octanol–water partition coefficient (Wildman–Crippen LogP) is 1.86. The Kier molecular flexibility index (Phi) is 3.33. The van der Waals surface area contributed by atoms with Crippen LogP contribution in [0.25, 0.3) is 0 Å². The first-order valence-electron chi connectivity index (χ1n) is 5.31. The molecule has 1 saturated carbocycles. The van der Waals surface area contributed by atoms with Gasteiger partial charge in [-0.15, -0.1) is 0 Å². The summed E-state index contributed by atoms with van der Waals surface area (Å²) >= 11 is 5.60. The average molecular weight is 252 g/mol. The zero-order valence-electron chi connectivity index (χ0n) is 8.98. The number of Topliss-reactive ketones (excluding diaryl/α,β-unsaturated/α-hetero) is 3. The van der Waals surface area contributed by atoms with Crippen molar-refractivity contribution in [3.63, 3.8) is 0 Å². The van der Waals surface area contributed by atoms with Gasteiger partial charge in [-0.2, -0.15) is 0 Å². The fourth-order valence-electron chi connectivity index (χ4n) is 1.89. The fraction of sp³-hybridized carbons (Fsp3) is 0.333. The van der Waals surface area contributed by atoms with E-state index in [1.165, 1.54) is 18.3 Å². The largest absolute Gasteiger partial charge is 0.298 e. The summed E-state index contributed by atoms with van der Waals surface area (Å²) in [4.78, 5) is 39.0. The number of hydrogen-bond donors (Lipinski definition) is 0. The lowest BCUT2D eigenvalue weighted by Crippen LogP contribution is -2.35. The molecule has 4 nitrogen and oxygen atoms in total. The smallest absolute Gasteiger partial charge is 0.182 e. The fourth-order valence-corrected chi connectivity index (χ4v) is 2.00. The molecule has 17 heavy (non-hydrogen) atoms. The number of carbonyl (C=O) groups is 3. The van der Waals surface area contributed by atoms with Crippen molar-refractivity contribution in [2.75, 3.05) is 0 Å². The lowest BCUT2D eigenvalue weighted by molar-refractivity contribution is -0.133. The average Bonchev–Trinajstić information content (AvgIpc) is 2.29. The van der Waals surface area contributed by atoms with Crippen LogP contribution in [0.1, 0.15) is 29.6 Å². The molecule has 2 rings (SSSR count). The van der Waals surface area contributed by atoms with Crippen LogP contribution in [-0.2, 0) is 9.59 Å². The highest BCUT2D eigenvalue weighted by atomic mass is 35.5. The van der Waals surface area contributed by atoms with Crippen molar-refractivity contribution in [2.24, 2.45) is 5.92 Å². The molecule has 1 fully saturated rings. The van der Waals surface area contributed by atoms with Crippen LogP contribution in [0.2, 0.25) is 5.15 Å². The van der Waals surface area contributed by atoms with E-state index in [1.807, 2.05) is 0 Å². The third-order valence-electron chi connectivity index (χ3n) is 2.76. The first-order valence-corrected chi connectivity index (χ1v) is 5.68. The second-order valence-corrected chi connectivity index (χ2v) is 4.34. The minimum atomic E-state index is -1.13. The summed E-state index contributed by atoms with van der Waals surface area (Å²) in [6.07, 6.45) is 2.42. The van der Waals surface area contributed by atoms with E-state index in [-0.39, 0.29) is 22.3 Å². The van der Waals surface area contributed by atoms with Gasteiger partial charge in [-0.1, -0.05) is 11.6 Å². The van der Waals surface area contributed by atoms with Crippen molar-refractivity contribution in [3.05, 3.63) is 29.0 Å². The van der Waals surface area contributed by atoms with Gasteiger partial charge >= 0.3 is 0 Å². The molecule has 1 heterocycles. The van der Waals surface area contributed by atoms with Crippen LogP contribution >= 0.6 is 11.6 Å². The minimum absolute atomic E-state index is 0.253. The molecule has 1 aromatic rings. The first-order chi connectivity index (χ1) is 8.09. The second kappa shape index (κ2) is 4.75. The van der Waals surface area contributed by atoms with Crippen LogP contribution < -0.4 is 0 Å². The number of rotatable bonds is 2. The maximum atomic E-state index is 12.0. The lowest BCUT2D eigenvalue weighted by Gasteiger charge is -2.17. The molecule has 0 bridgehead atoms. The Bertz CT molecular complexity index is 465. The van der Waals surface area contributed by atoms with Crippen molar-refractivity contribution in [2.45, 2.75) is 19.3 Å². The molecule has 0 unspecified atom stereocenters. The van der Waals surface area contributed by atoms with E-state index in [1.54, 1.807) is 0 Å². The highest BCUT2D eigenvalue weighted by Crippen LogP contribution is 2.21. The van der Waals surface area contributed by atoms with Crippen LogP contribution in [0, 0.1) is 5.92 Å².